The average Bonchev–Trinajstić information content (AvgIpc) is 3.65. The molecule has 0 amide bonds. The van der Waals surface area contributed by atoms with Gasteiger partial charge in [0.1, 0.15) is 11.2 Å². The largest absolute Gasteiger partial charge is 0.456 e. The quantitative estimate of drug-likeness (QED) is 0.179. The summed E-state index contributed by atoms with van der Waals surface area (Å²) in [7, 11) is 0. The summed E-state index contributed by atoms with van der Waals surface area (Å²) >= 11 is 0. The van der Waals surface area contributed by atoms with Gasteiger partial charge in [0, 0.05) is 27.5 Å². The maximum Gasteiger partial charge on any atom is 0.164 e. The van der Waals surface area contributed by atoms with Crippen LogP contribution in [-0.2, 0) is 0 Å². The van der Waals surface area contributed by atoms with Crippen molar-refractivity contribution >= 4 is 59.8 Å². The first-order valence-corrected chi connectivity index (χ1v) is 18.8. The third-order valence-electron chi connectivity index (χ3n) is 10.9. The zero-order valence-electron chi connectivity index (χ0n) is 29.9. The molecule has 0 fully saturated rings. The lowest BCUT2D eigenvalue weighted by Crippen LogP contribution is -2.00. The van der Waals surface area contributed by atoms with Crippen molar-refractivity contribution in [2.24, 2.45) is 0 Å². The molecule has 4 heteroatoms. The van der Waals surface area contributed by atoms with E-state index in [1.807, 2.05) is 18.2 Å². The van der Waals surface area contributed by atoms with Crippen LogP contribution in [0.15, 0.2) is 180 Å². The average molecular weight is 704 g/mol. The Labute approximate surface area is 317 Å². The Bertz CT molecular complexity index is 3210. The maximum absolute atomic E-state index is 6.70. The van der Waals surface area contributed by atoms with Crippen LogP contribution in [0.2, 0.25) is 0 Å². The predicted octanol–water partition coefficient (Wildman–Crippen LogP) is 13.6. The Morgan fingerprint density at radius 2 is 1.04 bits per heavy atom. The molecule has 55 heavy (non-hydrogen) atoms. The monoisotopic (exact) mass is 703 g/mol. The molecule has 0 saturated heterocycles. The lowest BCUT2D eigenvalue weighted by molar-refractivity contribution is 0.669. The van der Waals surface area contributed by atoms with Gasteiger partial charge in [-0.2, -0.15) is 0 Å². The van der Waals surface area contributed by atoms with Gasteiger partial charge < -0.3 is 4.42 Å². The zero-order chi connectivity index (χ0) is 36.3. The molecular weight excluding hydrogens is 671 g/mol. The smallest absolute Gasteiger partial charge is 0.164 e. The molecule has 258 valence electrons. The van der Waals surface area contributed by atoms with E-state index in [2.05, 4.69) is 158 Å². The van der Waals surface area contributed by atoms with E-state index in [4.69, 9.17) is 19.4 Å². The minimum absolute atomic E-state index is 0.604. The van der Waals surface area contributed by atoms with Crippen LogP contribution in [0.4, 0.5) is 0 Å². The molecule has 0 radical (unpaired) electrons. The zero-order valence-corrected chi connectivity index (χ0v) is 29.9. The number of allylic oxidation sites excluding steroid dienone is 4. The minimum Gasteiger partial charge on any atom is -0.456 e. The van der Waals surface area contributed by atoms with E-state index in [0.717, 1.165) is 73.0 Å². The SMILES string of the molecule is C1=CC(c2cc3oc4cccc(-c5nc(-c6ccc7ccccc7c6)nc(-c6ccc7cc(-c8ccccc8)ccc7c6)n5)c4c3c3ccccc23)=CCC1. The summed E-state index contributed by atoms with van der Waals surface area (Å²) in [5.41, 5.74) is 9.24. The van der Waals surface area contributed by atoms with E-state index in [9.17, 15) is 0 Å². The first kappa shape index (κ1) is 31.4. The van der Waals surface area contributed by atoms with Gasteiger partial charge in [-0.1, -0.05) is 146 Å². The Hall–Kier alpha value is -7.17. The number of rotatable bonds is 5. The van der Waals surface area contributed by atoms with Crippen molar-refractivity contribution < 1.29 is 4.42 Å². The number of hydrogen-bond acceptors (Lipinski definition) is 4. The summed E-state index contributed by atoms with van der Waals surface area (Å²) in [5.74, 6) is 1.85. The van der Waals surface area contributed by atoms with Crippen molar-refractivity contribution in [2.75, 3.05) is 0 Å². The van der Waals surface area contributed by atoms with Crippen LogP contribution in [0, 0.1) is 0 Å². The molecule has 8 aromatic carbocycles. The number of benzene rings is 8. The fourth-order valence-electron chi connectivity index (χ4n) is 8.20. The Kier molecular flexibility index (Phi) is 7.27. The second-order valence-corrected chi connectivity index (χ2v) is 14.3. The molecule has 0 N–H and O–H groups in total. The Morgan fingerprint density at radius 1 is 0.400 bits per heavy atom. The molecule has 0 saturated carbocycles. The number of hydrogen-bond donors (Lipinski definition) is 0. The third-order valence-corrected chi connectivity index (χ3v) is 10.9. The number of aromatic nitrogens is 3. The molecule has 0 aliphatic heterocycles. The van der Waals surface area contributed by atoms with Crippen LogP contribution in [0.3, 0.4) is 0 Å². The first-order valence-electron chi connectivity index (χ1n) is 18.8. The van der Waals surface area contributed by atoms with Crippen molar-refractivity contribution in [3.63, 3.8) is 0 Å². The van der Waals surface area contributed by atoms with Gasteiger partial charge in [-0.25, -0.2) is 15.0 Å². The van der Waals surface area contributed by atoms with Crippen molar-refractivity contribution in [1.82, 2.24) is 15.0 Å². The highest BCUT2D eigenvalue weighted by atomic mass is 16.3. The molecule has 11 rings (SSSR count). The predicted molar refractivity (Wildman–Crippen MR) is 228 cm³/mol. The fraction of sp³-hybridized carbons (Fsp3) is 0.0392. The summed E-state index contributed by atoms with van der Waals surface area (Å²) in [6, 6.07) is 55.4. The van der Waals surface area contributed by atoms with E-state index in [1.165, 1.54) is 33.0 Å². The summed E-state index contributed by atoms with van der Waals surface area (Å²) in [5, 5.41) is 9.01. The standard InChI is InChI=1S/C51H33N3O/c1-3-12-32(13-4-1)36-23-24-38-30-40(27-25-37(38)28-36)50-52-49(39-26-22-33-14-7-8-17-35(33)29-39)53-51(54-50)43-20-11-21-45-48(43)47-42-19-10-9-18-41(42)44(31-46(47)55-45)34-15-5-2-6-16-34/h1,3-5,7-31H,2,6H2. The van der Waals surface area contributed by atoms with Crippen LogP contribution < -0.4 is 0 Å². The van der Waals surface area contributed by atoms with Gasteiger partial charge in [-0.3, -0.25) is 0 Å². The van der Waals surface area contributed by atoms with E-state index < -0.39 is 0 Å². The lowest BCUT2D eigenvalue weighted by Gasteiger charge is -2.12. The lowest BCUT2D eigenvalue weighted by atomic mass is 9.91. The molecule has 0 bridgehead atoms. The van der Waals surface area contributed by atoms with Crippen LogP contribution >= 0.6 is 0 Å². The van der Waals surface area contributed by atoms with E-state index in [0.29, 0.717) is 17.5 Å². The Morgan fingerprint density at radius 3 is 1.80 bits per heavy atom. The summed E-state index contributed by atoms with van der Waals surface area (Å²) in [6.45, 7) is 0. The molecule has 0 spiro atoms. The van der Waals surface area contributed by atoms with Crippen molar-refractivity contribution in [2.45, 2.75) is 12.8 Å². The van der Waals surface area contributed by atoms with E-state index >= 15 is 0 Å². The highest BCUT2D eigenvalue weighted by molar-refractivity contribution is 6.24. The highest BCUT2D eigenvalue weighted by Gasteiger charge is 2.21. The second-order valence-electron chi connectivity index (χ2n) is 14.3. The van der Waals surface area contributed by atoms with Gasteiger partial charge in [0.25, 0.3) is 0 Å². The van der Waals surface area contributed by atoms with Crippen molar-refractivity contribution in [3.05, 3.63) is 182 Å². The molecule has 1 aliphatic rings. The number of nitrogens with zero attached hydrogens (tertiary/aromatic N) is 3. The molecule has 2 heterocycles. The number of fused-ring (bicyclic) bond motifs is 7. The Balaban J connectivity index is 1.13. The van der Waals surface area contributed by atoms with Gasteiger partial charge in [-0.15, -0.1) is 0 Å². The molecule has 0 atom stereocenters. The van der Waals surface area contributed by atoms with Gasteiger partial charge >= 0.3 is 0 Å². The molecule has 4 nitrogen and oxygen atoms in total. The van der Waals surface area contributed by atoms with Crippen LogP contribution in [0.5, 0.6) is 0 Å². The van der Waals surface area contributed by atoms with Crippen molar-refractivity contribution in [1.29, 1.82) is 0 Å². The number of furan rings is 1. The van der Waals surface area contributed by atoms with Gasteiger partial charge in [0.2, 0.25) is 0 Å². The molecule has 2 aromatic heterocycles. The normalized spacial score (nSPS) is 13.0. The van der Waals surface area contributed by atoms with Gasteiger partial charge in [0.05, 0.1) is 0 Å². The van der Waals surface area contributed by atoms with Crippen LogP contribution in [0.25, 0.3) is 105 Å². The van der Waals surface area contributed by atoms with Gasteiger partial charge in [0.15, 0.2) is 17.5 Å². The summed E-state index contributed by atoms with van der Waals surface area (Å²) < 4.78 is 6.70. The third kappa shape index (κ3) is 5.42. The van der Waals surface area contributed by atoms with E-state index in [-0.39, 0.29) is 0 Å². The topological polar surface area (TPSA) is 51.8 Å². The van der Waals surface area contributed by atoms with Gasteiger partial charge in [-0.05, 0) is 97.8 Å². The molecular formula is C51H33N3O. The van der Waals surface area contributed by atoms with Crippen molar-refractivity contribution in [3.8, 4) is 45.3 Å². The minimum atomic E-state index is 0.604. The van der Waals surface area contributed by atoms with Crippen LogP contribution in [-0.4, -0.2) is 15.0 Å². The summed E-state index contributed by atoms with van der Waals surface area (Å²) in [6.07, 6.45) is 8.93. The maximum atomic E-state index is 6.70. The summed E-state index contributed by atoms with van der Waals surface area (Å²) in [4.78, 5) is 15.7. The highest BCUT2D eigenvalue weighted by Crippen LogP contribution is 2.43. The molecule has 10 aromatic rings. The molecule has 0 unspecified atom stereocenters. The second kappa shape index (κ2) is 12.8. The van der Waals surface area contributed by atoms with E-state index in [1.54, 1.807) is 0 Å². The molecule has 1 aliphatic carbocycles. The van der Waals surface area contributed by atoms with Crippen LogP contribution in [0.1, 0.15) is 18.4 Å². The fourth-order valence-corrected chi connectivity index (χ4v) is 8.20. The first-order chi connectivity index (χ1) is 27.2.